The molecular weight excluding hydrogens is 251 g/mol. The number of hydrogen-bond donors (Lipinski definition) is 0. The summed E-state index contributed by atoms with van der Waals surface area (Å²) in [5, 5.41) is 10.9. The molecule has 0 aliphatic heterocycles. The van der Waals surface area contributed by atoms with Crippen molar-refractivity contribution in [1.29, 1.82) is 0 Å². The predicted octanol–water partition coefficient (Wildman–Crippen LogP) is 3.15. The van der Waals surface area contributed by atoms with Gasteiger partial charge in [0.2, 0.25) is 6.04 Å². The first-order valence-electron chi connectivity index (χ1n) is 5.23. The second-order valence-corrected chi connectivity index (χ2v) is 4.28. The Bertz CT molecular complexity index is 466. The number of nitrogens with zero attached hydrogens (tertiary/aromatic N) is 1. The van der Waals surface area contributed by atoms with Crippen LogP contribution in [0.1, 0.15) is 18.1 Å². The van der Waals surface area contributed by atoms with E-state index < -0.39 is 29.0 Å². The van der Waals surface area contributed by atoms with Gasteiger partial charge in [-0.05, 0) is 12.1 Å². The Balaban J connectivity index is 2.45. The first kappa shape index (κ1) is 12.7. The van der Waals surface area contributed by atoms with Crippen LogP contribution in [0.25, 0.3) is 0 Å². The molecule has 0 spiro atoms. The molecule has 0 N–H and O–H groups in total. The average Bonchev–Trinajstić information content (AvgIpc) is 2.81. The Hall–Kier alpha value is -1.79. The van der Waals surface area contributed by atoms with Gasteiger partial charge in [-0.25, -0.2) is 0 Å². The lowest BCUT2D eigenvalue weighted by atomic mass is 9.89. The summed E-state index contributed by atoms with van der Waals surface area (Å²) in [7, 11) is 0. The van der Waals surface area contributed by atoms with Crippen molar-refractivity contribution in [2.24, 2.45) is 5.92 Å². The molecule has 0 saturated heterocycles. The SMILES string of the molecule is C=C1C[C@H]([N+](=O)[O-])[C@@H](c2ccco2)[C@H]1C(F)(F)F. The third-order valence-electron chi connectivity index (χ3n) is 3.18. The van der Waals surface area contributed by atoms with Crippen molar-refractivity contribution < 1.29 is 22.5 Å². The molecule has 0 unspecified atom stereocenters. The third kappa shape index (κ3) is 2.00. The standard InChI is InChI=1S/C11H10F3NO3/c1-6-5-7(15(16)17)9(8-3-2-4-18-8)10(6)11(12,13)14/h2-4,7,9-10H,1,5H2/t7-,9-,10-/m0/s1. The Kier molecular flexibility index (Phi) is 2.92. The van der Waals surface area contributed by atoms with Gasteiger partial charge in [-0.1, -0.05) is 12.2 Å². The zero-order chi connectivity index (χ0) is 13.5. The van der Waals surface area contributed by atoms with Gasteiger partial charge in [0, 0.05) is 11.3 Å². The fraction of sp³-hybridized carbons (Fsp3) is 0.455. The van der Waals surface area contributed by atoms with Crippen LogP contribution in [0.4, 0.5) is 13.2 Å². The highest BCUT2D eigenvalue weighted by molar-refractivity contribution is 5.25. The van der Waals surface area contributed by atoms with Crippen LogP contribution in [0.2, 0.25) is 0 Å². The Labute approximate surface area is 100 Å². The van der Waals surface area contributed by atoms with Gasteiger partial charge in [-0.2, -0.15) is 13.2 Å². The number of halogens is 3. The topological polar surface area (TPSA) is 56.3 Å². The number of rotatable bonds is 2. The zero-order valence-electron chi connectivity index (χ0n) is 9.18. The Morgan fingerprint density at radius 2 is 2.17 bits per heavy atom. The van der Waals surface area contributed by atoms with E-state index in [1.54, 1.807) is 0 Å². The van der Waals surface area contributed by atoms with Crippen molar-refractivity contribution >= 4 is 0 Å². The van der Waals surface area contributed by atoms with Gasteiger partial charge in [0.05, 0.1) is 12.2 Å². The van der Waals surface area contributed by atoms with Crippen LogP contribution >= 0.6 is 0 Å². The van der Waals surface area contributed by atoms with Crippen LogP contribution in [0.15, 0.2) is 35.0 Å². The lowest BCUT2D eigenvalue weighted by molar-refractivity contribution is -0.525. The van der Waals surface area contributed by atoms with Crippen LogP contribution in [-0.4, -0.2) is 17.1 Å². The molecule has 2 rings (SSSR count). The van der Waals surface area contributed by atoms with Gasteiger partial charge < -0.3 is 4.42 Å². The molecule has 1 aliphatic rings. The molecule has 1 heterocycles. The zero-order valence-corrected chi connectivity index (χ0v) is 9.18. The maximum absolute atomic E-state index is 13.0. The summed E-state index contributed by atoms with van der Waals surface area (Å²) in [6.07, 6.45) is -3.62. The molecule has 98 valence electrons. The second-order valence-electron chi connectivity index (χ2n) is 4.28. The lowest BCUT2D eigenvalue weighted by Crippen LogP contribution is -2.32. The van der Waals surface area contributed by atoms with E-state index >= 15 is 0 Å². The van der Waals surface area contributed by atoms with E-state index in [4.69, 9.17) is 4.42 Å². The summed E-state index contributed by atoms with van der Waals surface area (Å²) in [6, 6.07) is 1.41. The molecule has 0 bridgehead atoms. The van der Waals surface area contributed by atoms with Crippen LogP contribution in [0.3, 0.4) is 0 Å². The summed E-state index contributed by atoms with van der Waals surface area (Å²) in [5.74, 6) is -3.26. The molecule has 1 aromatic rings. The summed E-state index contributed by atoms with van der Waals surface area (Å²) in [5.41, 5.74) is -0.161. The van der Waals surface area contributed by atoms with Crippen molar-refractivity contribution in [3.63, 3.8) is 0 Å². The quantitative estimate of drug-likeness (QED) is 0.467. The van der Waals surface area contributed by atoms with Crippen LogP contribution in [0, 0.1) is 16.0 Å². The highest BCUT2D eigenvalue weighted by Crippen LogP contribution is 2.51. The van der Waals surface area contributed by atoms with E-state index in [9.17, 15) is 23.3 Å². The molecular formula is C11H10F3NO3. The molecule has 1 saturated carbocycles. The maximum Gasteiger partial charge on any atom is 0.396 e. The molecule has 3 atom stereocenters. The van der Waals surface area contributed by atoms with Gasteiger partial charge in [-0.3, -0.25) is 10.1 Å². The molecule has 4 nitrogen and oxygen atoms in total. The molecule has 0 amide bonds. The number of nitro groups is 1. The van der Waals surface area contributed by atoms with Crippen molar-refractivity contribution in [3.05, 3.63) is 46.4 Å². The second kappa shape index (κ2) is 4.15. The van der Waals surface area contributed by atoms with Crippen molar-refractivity contribution in [2.45, 2.75) is 24.6 Å². The van der Waals surface area contributed by atoms with Crippen LogP contribution in [-0.2, 0) is 0 Å². The highest BCUT2D eigenvalue weighted by Gasteiger charge is 2.58. The number of alkyl halides is 3. The van der Waals surface area contributed by atoms with E-state index in [1.807, 2.05) is 0 Å². The fourth-order valence-electron chi connectivity index (χ4n) is 2.47. The molecule has 18 heavy (non-hydrogen) atoms. The average molecular weight is 261 g/mol. The van der Waals surface area contributed by atoms with E-state index in [0.717, 1.165) is 0 Å². The van der Waals surface area contributed by atoms with E-state index in [-0.39, 0.29) is 17.8 Å². The first-order chi connectivity index (χ1) is 8.32. The number of furan rings is 1. The summed E-state index contributed by atoms with van der Waals surface area (Å²) in [4.78, 5) is 10.2. The summed E-state index contributed by atoms with van der Waals surface area (Å²) >= 11 is 0. The molecule has 1 fully saturated rings. The highest BCUT2D eigenvalue weighted by atomic mass is 19.4. The fourth-order valence-corrected chi connectivity index (χ4v) is 2.47. The van der Waals surface area contributed by atoms with Crippen molar-refractivity contribution in [1.82, 2.24) is 0 Å². The summed E-state index contributed by atoms with van der Waals surface area (Å²) in [6.45, 7) is 3.33. The third-order valence-corrected chi connectivity index (χ3v) is 3.18. The van der Waals surface area contributed by atoms with Crippen molar-refractivity contribution in [3.8, 4) is 0 Å². The number of hydrogen-bond acceptors (Lipinski definition) is 3. The maximum atomic E-state index is 13.0. The molecule has 0 aromatic carbocycles. The minimum atomic E-state index is -4.56. The Morgan fingerprint density at radius 3 is 2.61 bits per heavy atom. The smallest absolute Gasteiger partial charge is 0.396 e. The lowest BCUT2D eigenvalue weighted by Gasteiger charge is -2.21. The van der Waals surface area contributed by atoms with E-state index in [1.165, 1.54) is 18.4 Å². The predicted molar refractivity (Wildman–Crippen MR) is 55.5 cm³/mol. The molecule has 7 heteroatoms. The van der Waals surface area contributed by atoms with Gasteiger partial charge in [0.1, 0.15) is 11.7 Å². The first-order valence-corrected chi connectivity index (χ1v) is 5.23. The van der Waals surface area contributed by atoms with Gasteiger partial charge in [0.25, 0.3) is 0 Å². The van der Waals surface area contributed by atoms with Gasteiger partial charge in [0.15, 0.2) is 0 Å². The summed E-state index contributed by atoms with van der Waals surface area (Å²) < 4.78 is 43.8. The Morgan fingerprint density at radius 1 is 1.50 bits per heavy atom. The van der Waals surface area contributed by atoms with Gasteiger partial charge >= 0.3 is 6.18 Å². The normalized spacial score (nSPS) is 28.6. The van der Waals surface area contributed by atoms with E-state index in [2.05, 4.69) is 6.58 Å². The van der Waals surface area contributed by atoms with Crippen LogP contribution < -0.4 is 0 Å². The largest absolute Gasteiger partial charge is 0.469 e. The minimum Gasteiger partial charge on any atom is -0.469 e. The van der Waals surface area contributed by atoms with E-state index in [0.29, 0.717) is 0 Å². The molecule has 0 radical (unpaired) electrons. The molecule has 1 aromatic heterocycles. The monoisotopic (exact) mass is 261 g/mol. The van der Waals surface area contributed by atoms with Crippen LogP contribution in [0.5, 0.6) is 0 Å². The van der Waals surface area contributed by atoms with Gasteiger partial charge in [-0.15, -0.1) is 0 Å². The minimum absolute atomic E-state index is 0.0160. The molecule has 1 aliphatic carbocycles. The van der Waals surface area contributed by atoms with Crippen molar-refractivity contribution in [2.75, 3.05) is 0 Å².